The maximum absolute atomic E-state index is 5.25. The van der Waals surface area contributed by atoms with Crippen LogP contribution < -0.4 is 10.4 Å². The first-order chi connectivity index (χ1) is 29.7. The van der Waals surface area contributed by atoms with Gasteiger partial charge in [0.2, 0.25) is 0 Å². The van der Waals surface area contributed by atoms with Crippen molar-refractivity contribution in [3.63, 3.8) is 0 Å². The zero-order valence-electron chi connectivity index (χ0n) is 34.3. The second-order valence-corrected chi connectivity index (χ2v) is 17.5. The third kappa shape index (κ3) is 5.64. The zero-order chi connectivity index (χ0) is 39.7. The summed E-state index contributed by atoms with van der Waals surface area (Å²) in [5.74, 6) is 1.63. The lowest BCUT2D eigenvalue weighted by atomic mass is 9.74. The lowest BCUT2D eigenvalue weighted by molar-refractivity contribution is 0.579. The number of nitrogens with zero attached hydrogens (tertiary/aromatic N) is 2. The molecule has 12 rings (SSSR count). The van der Waals surface area contributed by atoms with Crippen molar-refractivity contribution in [2.45, 2.75) is 64.3 Å². The second kappa shape index (κ2) is 14.3. The number of aryl methyl sites for hydroxylation is 1. The summed E-state index contributed by atoms with van der Waals surface area (Å²) < 4.78 is 2.47. The van der Waals surface area contributed by atoms with Gasteiger partial charge in [-0.1, -0.05) is 152 Å². The number of fused-ring (bicyclic) bond motifs is 6. The molecule has 5 aliphatic carbocycles. The Hall–Kier alpha value is -6.51. The summed E-state index contributed by atoms with van der Waals surface area (Å²) in [5, 5.41) is 11.1. The van der Waals surface area contributed by atoms with Gasteiger partial charge in [-0.05, 0) is 169 Å². The molecule has 2 nitrogen and oxygen atoms in total. The van der Waals surface area contributed by atoms with Gasteiger partial charge < -0.3 is 4.57 Å². The molecule has 2 heteroatoms. The minimum Gasteiger partial charge on any atom is -0.317 e. The van der Waals surface area contributed by atoms with E-state index in [9.17, 15) is 0 Å². The molecule has 0 saturated carbocycles. The van der Waals surface area contributed by atoms with E-state index in [0.29, 0.717) is 5.92 Å². The number of allylic oxidation sites excluding steroid dienone is 14. The molecule has 6 aromatic carbocycles. The van der Waals surface area contributed by atoms with E-state index in [4.69, 9.17) is 4.98 Å². The molecule has 5 aliphatic rings. The average molecular weight is 773 g/mol. The van der Waals surface area contributed by atoms with Crippen LogP contribution in [0.25, 0.3) is 77.8 Å². The van der Waals surface area contributed by atoms with Crippen LogP contribution in [0, 0.1) is 12.8 Å². The second-order valence-electron chi connectivity index (χ2n) is 17.5. The van der Waals surface area contributed by atoms with Gasteiger partial charge in [0.15, 0.2) is 0 Å². The third-order valence-electron chi connectivity index (χ3n) is 14.2. The summed E-state index contributed by atoms with van der Waals surface area (Å²) in [6.07, 6.45) is 34.8. The van der Waals surface area contributed by atoms with Crippen molar-refractivity contribution in [2.75, 3.05) is 0 Å². The Morgan fingerprint density at radius 2 is 1.17 bits per heavy atom. The molecule has 2 unspecified atom stereocenters. The summed E-state index contributed by atoms with van der Waals surface area (Å²) >= 11 is 0. The highest BCUT2D eigenvalue weighted by molar-refractivity contribution is 6.12. The fourth-order valence-electron chi connectivity index (χ4n) is 11.3. The molecule has 2 atom stereocenters. The number of para-hydroxylation sites is 2. The predicted molar refractivity (Wildman–Crippen MR) is 256 cm³/mol. The molecule has 1 aromatic heterocycles. The number of hydrogen-bond acceptors (Lipinski definition) is 1. The van der Waals surface area contributed by atoms with Crippen LogP contribution in [0.2, 0.25) is 0 Å². The Morgan fingerprint density at radius 3 is 1.83 bits per heavy atom. The smallest absolute Gasteiger partial charge is 0.137 e. The molecule has 60 heavy (non-hydrogen) atoms. The zero-order valence-corrected chi connectivity index (χ0v) is 34.3. The average Bonchev–Trinajstić information content (AvgIpc) is 3.71. The monoisotopic (exact) mass is 772 g/mol. The fourth-order valence-corrected chi connectivity index (χ4v) is 11.3. The molecule has 0 aliphatic heterocycles. The summed E-state index contributed by atoms with van der Waals surface area (Å²) in [6, 6.07) is 36.2. The minimum atomic E-state index is 0.276. The summed E-state index contributed by atoms with van der Waals surface area (Å²) in [5.41, 5.74) is 15.2. The topological polar surface area (TPSA) is 17.8 Å². The molecule has 7 aromatic rings. The number of benzene rings is 6. The summed E-state index contributed by atoms with van der Waals surface area (Å²) in [6.45, 7) is 2.28. The van der Waals surface area contributed by atoms with Crippen LogP contribution in [-0.2, 0) is 0 Å². The maximum atomic E-state index is 5.25. The summed E-state index contributed by atoms with van der Waals surface area (Å²) in [7, 11) is 0. The Morgan fingerprint density at radius 1 is 0.567 bits per heavy atom. The standard InChI is InChI=1S/C58H48N2/c1-37-45-17-5-7-19-47(45)56(48-20-8-6-18-46(37)48)42-33-31-41-36-43(34-32-40(41)35-42)57-51-23-11-9-21-49(51)55(50-22-10-12-24-52(50)57)38-27-29-39(30-28-38)58-59-53-25-13-14-26-54(53)60(58)44-15-3-2-4-16-44/h2-9,11,13-15,17-27,29,32,34-35,41,44H,10,12,16,28,30-31,33,36H2,1H3. The van der Waals surface area contributed by atoms with E-state index < -0.39 is 0 Å². The molecule has 0 fully saturated rings. The molecule has 0 radical (unpaired) electrons. The first kappa shape index (κ1) is 35.4. The Kier molecular flexibility index (Phi) is 8.47. The van der Waals surface area contributed by atoms with E-state index in [2.05, 4.69) is 175 Å². The van der Waals surface area contributed by atoms with Gasteiger partial charge in [-0.2, -0.15) is 0 Å². The highest BCUT2D eigenvalue weighted by atomic mass is 15.1. The number of rotatable bonds is 5. The molecule has 290 valence electrons. The Balaban J connectivity index is 0.957. The van der Waals surface area contributed by atoms with Gasteiger partial charge in [0.05, 0.1) is 17.1 Å². The van der Waals surface area contributed by atoms with Gasteiger partial charge in [0.1, 0.15) is 5.82 Å². The molecule has 0 saturated heterocycles. The van der Waals surface area contributed by atoms with E-state index in [1.54, 1.807) is 0 Å². The number of aromatic nitrogens is 2. The molecule has 0 bridgehead atoms. The van der Waals surface area contributed by atoms with E-state index in [0.717, 1.165) is 56.3 Å². The van der Waals surface area contributed by atoms with Crippen LogP contribution >= 0.6 is 0 Å². The molecule has 1 heterocycles. The largest absolute Gasteiger partial charge is 0.317 e. The van der Waals surface area contributed by atoms with Gasteiger partial charge in [-0.25, -0.2) is 4.98 Å². The van der Waals surface area contributed by atoms with E-state index in [-0.39, 0.29) is 6.04 Å². The van der Waals surface area contributed by atoms with Crippen LogP contribution in [0.1, 0.15) is 85.5 Å². The van der Waals surface area contributed by atoms with E-state index >= 15 is 0 Å². The lowest BCUT2D eigenvalue weighted by Crippen LogP contribution is -2.34. The van der Waals surface area contributed by atoms with Gasteiger partial charge in [0.25, 0.3) is 0 Å². The first-order valence-corrected chi connectivity index (χ1v) is 22.2. The van der Waals surface area contributed by atoms with Crippen molar-refractivity contribution < 1.29 is 0 Å². The fraction of sp³-hybridized carbons (Fsp3) is 0.190. The highest BCUT2D eigenvalue weighted by Crippen LogP contribution is 2.46. The van der Waals surface area contributed by atoms with E-state index in [1.807, 2.05) is 0 Å². The van der Waals surface area contributed by atoms with Gasteiger partial charge in [-0.15, -0.1) is 0 Å². The van der Waals surface area contributed by atoms with Gasteiger partial charge >= 0.3 is 0 Å². The first-order valence-electron chi connectivity index (χ1n) is 22.2. The Bertz CT molecular complexity index is 3270. The quantitative estimate of drug-likeness (QED) is 0.159. The van der Waals surface area contributed by atoms with Gasteiger partial charge in [-0.3, -0.25) is 0 Å². The number of imidazole rings is 1. The highest BCUT2D eigenvalue weighted by Gasteiger charge is 2.28. The predicted octanol–water partition coefficient (Wildman–Crippen LogP) is 13.7. The Labute approximate surface area is 352 Å². The van der Waals surface area contributed by atoms with Crippen LogP contribution in [0.5, 0.6) is 0 Å². The van der Waals surface area contributed by atoms with Crippen molar-refractivity contribution in [2.24, 2.45) is 5.92 Å². The lowest BCUT2D eigenvalue weighted by Gasteiger charge is -2.31. The van der Waals surface area contributed by atoms with Crippen molar-refractivity contribution in [3.05, 3.63) is 196 Å². The summed E-state index contributed by atoms with van der Waals surface area (Å²) in [4.78, 5) is 5.25. The third-order valence-corrected chi connectivity index (χ3v) is 14.2. The minimum absolute atomic E-state index is 0.276. The van der Waals surface area contributed by atoms with Crippen molar-refractivity contribution in [1.29, 1.82) is 0 Å². The van der Waals surface area contributed by atoms with Crippen LogP contribution in [0.4, 0.5) is 0 Å². The number of hydrogen-bond donors (Lipinski definition) is 0. The molecule has 0 amide bonds. The molecule has 0 spiro atoms. The van der Waals surface area contributed by atoms with E-state index in [1.165, 1.54) is 105 Å². The molecular weight excluding hydrogens is 725 g/mol. The normalized spacial score (nSPS) is 19.9. The maximum Gasteiger partial charge on any atom is 0.137 e. The van der Waals surface area contributed by atoms with Crippen LogP contribution in [-0.4, -0.2) is 9.55 Å². The van der Waals surface area contributed by atoms with Crippen LogP contribution in [0.15, 0.2) is 157 Å². The molecule has 0 N–H and O–H groups in total. The SMILES string of the molecule is Cc1c2ccccc2c(C2=CC3=CC=C(c4c5c(c(C6=CC=C(c7nc8ccccc8n7C7C=CC=CC7)CC6)c6ccccc46)=CCCC=5)CC3CC2)c2ccccc12. The van der Waals surface area contributed by atoms with Crippen molar-refractivity contribution >= 4 is 77.8 Å². The van der Waals surface area contributed by atoms with Gasteiger partial charge in [0, 0.05) is 0 Å². The van der Waals surface area contributed by atoms with Crippen LogP contribution in [0.3, 0.4) is 0 Å². The van der Waals surface area contributed by atoms with Crippen molar-refractivity contribution in [3.8, 4) is 0 Å². The molecular formula is C58H48N2. The van der Waals surface area contributed by atoms with Crippen molar-refractivity contribution in [1.82, 2.24) is 9.55 Å².